The molecule has 3 aromatic rings. The van der Waals surface area contributed by atoms with Crippen LogP contribution < -0.4 is 14.8 Å². The van der Waals surface area contributed by atoms with Gasteiger partial charge in [-0.2, -0.15) is 4.31 Å². The number of benzene rings is 3. The second-order valence-electron chi connectivity index (χ2n) is 10.9. The number of carbonyl (C=O) groups excluding carboxylic acids is 3. The summed E-state index contributed by atoms with van der Waals surface area (Å²) in [6.07, 6.45) is 3.96. The van der Waals surface area contributed by atoms with Gasteiger partial charge in [-0.15, -0.1) is 0 Å². The number of fused-ring (bicyclic) bond motifs is 1. The van der Waals surface area contributed by atoms with Crippen LogP contribution >= 0.6 is 23.4 Å². The molecule has 234 valence electrons. The van der Waals surface area contributed by atoms with E-state index in [1.807, 2.05) is 18.2 Å². The third-order valence-corrected chi connectivity index (χ3v) is 11.2. The van der Waals surface area contributed by atoms with Gasteiger partial charge in [0.05, 0.1) is 9.93 Å². The van der Waals surface area contributed by atoms with E-state index in [4.69, 9.17) is 21.1 Å². The molecule has 0 spiro atoms. The number of rotatable bonds is 9. The van der Waals surface area contributed by atoms with E-state index in [0.717, 1.165) is 35.9 Å². The molecule has 0 unspecified atom stereocenters. The molecule has 3 aliphatic rings. The lowest BCUT2D eigenvalue weighted by molar-refractivity contribution is -0.122. The minimum Gasteiger partial charge on any atom is -0.454 e. The Morgan fingerprint density at radius 3 is 2.53 bits per heavy atom. The zero-order valence-corrected chi connectivity index (χ0v) is 26.5. The van der Waals surface area contributed by atoms with Crippen molar-refractivity contribution in [3.63, 3.8) is 0 Å². The van der Waals surface area contributed by atoms with Gasteiger partial charge >= 0.3 is 0 Å². The van der Waals surface area contributed by atoms with Crippen LogP contribution in [0.5, 0.6) is 11.5 Å². The molecule has 3 aliphatic heterocycles. The maximum absolute atomic E-state index is 13.5. The quantitative estimate of drug-likeness (QED) is 0.310. The fraction of sp³-hybridized carbons (Fsp3) is 0.281. The van der Waals surface area contributed by atoms with Crippen LogP contribution in [-0.2, 0) is 21.2 Å². The van der Waals surface area contributed by atoms with Crippen LogP contribution in [0.15, 0.2) is 76.5 Å². The molecule has 0 bridgehead atoms. The summed E-state index contributed by atoms with van der Waals surface area (Å²) in [6.45, 7) is 0.795. The number of piperidine rings is 1. The van der Waals surface area contributed by atoms with Crippen LogP contribution in [-0.4, -0.2) is 67.6 Å². The standard InChI is InChI=1S/C32H30ClN3O7S2/c33-25-8-7-24(19-29(25)45(40,41)35-13-10-22(11-14-35)16-21-4-2-1-3-5-21)30(37)34-12-15-36-31(38)28(44-32(36)39)18-23-6-9-26-27(17-23)43-20-42-26/h1-9,17-19,22H,10-16,20H2,(H,34,37)/b28-18-. The Kier molecular flexibility index (Phi) is 9.18. The van der Waals surface area contributed by atoms with Gasteiger partial charge in [-0.05, 0) is 84.5 Å². The highest BCUT2D eigenvalue weighted by Crippen LogP contribution is 2.36. The van der Waals surface area contributed by atoms with Gasteiger partial charge in [0, 0.05) is 31.7 Å². The largest absolute Gasteiger partial charge is 0.454 e. The molecule has 0 aliphatic carbocycles. The van der Waals surface area contributed by atoms with E-state index in [1.54, 1.807) is 24.3 Å². The van der Waals surface area contributed by atoms with E-state index in [1.165, 1.54) is 28.1 Å². The van der Waals surface area contributed by atoms with Gasteiger partial charge in [-0.3, -0.25) is 19.3 Å². The Hall–Kier alpha value is -3.84. The molecular weight excluding hydrogens is 638 g/mol. The Bertz CT molecular complexity index is 1770. The highest BCUT2D eigenvalue weighted by atomic mass is 35.5. The molecular formula is C32H30ClN3O7S2. The molecule has 3 amide bonds. The smallest absolute Gasteiger partial charge is 0.293 e. The number of ether oxygens (including phenoxy) is 2. The molecule has 2 saturated heterocycles. The summed E-state index contributed by atoms with van der Waals surface area (Å²) in [4.78, 5) is 39.6. The molecule has 10 nitrogen and oxygen atoms in total. The molecule has 0 aromatic heterocycles. The van der Waals surface area contributed by atoms with Crippen molar-refractivity contribution >= 4 is 56.5 Å². The summed E-state index contributed by atoms with van der Waals surface area (Å²) in [5, 5.41) is 2.25. The zero-order chi connectivity index (χ0) is 31.6. The van der Waals surface area contributed by atoms with Gasteiger partial charge < -0.3 is 14.8 Å². The van der Waals surface area contributed by atoms with Crippen molar-refractivity contribution in [3.05, 3.63) is 93.3 Å². The van der Waals surface area contributed by atoms with E-state index in [2.05, 4.69) is 17.4 Å². The SMILES string of the molecule is O=C(NCCN1C(=O)S/C(=C\c2ccc3c(c2)OCO3)C1=O)c1ccc(Cl)c(S(=O)(=O)N2CCC(Cc3ccccc3)CC2)c1. The molecule has 13 heteroatoms. The lowest BCUT2D eigenvalue weighted by Gasteiger charge is -2.31. The summed E-state index contributed by atoms with van der Waals surface area (Å²) < 4.78 is 39.2. The van der Waals surface area contributed by atoms with Gasteiger partial charge in [0.15, 0.2) is 11.5 Å². The second kappa shape index (κ2) is 13.3. The van der Waals surface area contributed by atoms with Crippen molar-refractivity contribution in [2.75, 3.05) is 33.0 Å². The van der Waals surface area contributed by atoms with Crippen LogP contribution in [0.25, 0.3) is 6.08 Å². The van der Waals surface area contributed by atoms with Crippen molar-refractivity contribution in [1.29, 1.82) is 0 Å². The maximum atomic E-state index is 13.5. The van der Waals surface area contributed by atoms with Crippen LogP contribution in [0.3, 0.4) is 0 Å². The first-order chi connectivity index (χ1) is 21.7. The number of nitrogens with one attached hydrogen (secondary N) is 1. The number of hydrogen-bond donors (Lipinski definition) is 1. The Morgan fingerprint density at radius 1 is 1.00 bits per heavy atom. The van der Waals surface area contributed by atoms with Crippen LogP contribution in [0.2, 0.25) is 5.02 Å². The third-order valence-electron chi connectivity index (χ3n) is 7.94. The lowest BCUT2D eigenvalue weighted by atomic mass is 9.91. The summed E-state index contributed by atoms with van der Waals surface area (Å²) in [6, 6.07) is 19.5. The molecule has 2 fully saturated rings. The summed E-state index contributed by atoms with van der Waals surface area (Å²) >= 11 is 7.14. The highest BCUT2D eigenvalue weighted by Gasteiger charge is 2.35. The number of sulfonamides is 1. The third kappa shape index (κ3) is 6.89. The lowest BCUT2D eigenvalue weighted by Crippen LogP contribution is -2.39. The first-order valence-electron chi connectivity index (χ1n) is 14.5. The minimum atomic E-state index is -3.93. The first-order valence-corrected chi connectivity index (χ1v) is 17.1. The van der Waals surface area contributed by atoms with E-state index in [-0.39, 0.29) is 40.3 Å². The van der Waals surface area contributed by atoms with Crippen molar-refractivity contribution < 1.29 is 32.3 Å². The molecule has 3 heterocycles. The number of carbonyl (C=O) groups is 3. The normalized spacial score (nSPS) is 18.2. The van der Waals surface area contributed by atoms with Crippen molar-refractivity contribution in [1.82, 2.24) is 14.5 Å². The van der Waals surface area contributed by atoms with Gasteiger partial charge in [0.1, 0.15) is 4.90 Å². The van der Waals surface area contributed by atoms with E-state index in [9.17, 15) is 22.8 Å². The van der Waals surface area contributed by atoms with E-state index < -0.39 is 27.1 Å². The van der Waals surface area contributed by atoms with Crippen molar-refractivity contribution in [2.24, 2.45) is 5.92 Å². The average Bonchev–Trinajstić information content (AvgIpc) is 3.61. The minimum absolute atomic E-state index is 0.0200. The van der Waals surface area contributed by atoms with Crippen LogP contribution in [0.4, 0.5) is 4.79 Å². The van der Waals surface area contributed by atoms with Crippen LogP contribution in [0, 0.1) is 5.92 Å². The average molecular weight is 668 g/mol. The predicted molar refractivity (Wildman–Crippen MR) is 171 cm³/mol. The molecule has 45 heavy (non-hydrogen) atoms. The fourth-order valence-corrected chi connectivity index (χ4v) is 8.35. The monoisotopic (exact) mass is 667 g/mol. The highest BCUT2D eigenvalue weighted by molar-refractivity contribution is 8.18. The zero-order valence-electron chi connectivity index (χ0n) is 24.1. The molecule has 0 saturated carbocycles. The molecule has 6 rings (SSSR count). The molecule has 3 aromatic carbocycles. The topological polar surface area (TPSA) is 122 Å². The molecule has 0 atom stereocenters. The number of amides is 3. The molecule has 0 radical (unpaired) electrons. The predicted octanol–water partition coefficient (Wildman–Crippen LogP) is 5.18. The maximum Gasteiger partial charge on any atom is 0.293 e. The number of thioether (sulfide) groups is 1. The number of imide groups is 1. The number of nitrogens with zero attached hydrogens (tertiary/aromatic N) is 2. The summed E-state index contributed by atoms with van der Waals surface area (Å²) in [7, 11) is -3.93. The van der Waals surface area contributed by atoms with Crippen molar-refractivity contribution in [2.45, 2.75) is 24.2 Å². The summed E-state index contributed by atoms with van der Waals surface area (Å²) in [5.41, 5.74) is 2.02. The molecule has 1 N–H and O–H groups in total. The Labute approximate surface area is 270 Å². The van der Waals surface area contributed by atoms with Gasteiger partial charge in [0.25, 0.3) is 17.1 Å². The van der Waals surface area contributed by atoms with E-state index in [0.29, 0.717) is 36.1 Å². The Morgan fingerprint density at radius 2 is 1.76 bits per heavy atom. The fourth-order valence-electron chi connectivity index (χ4n) is 5.51. The van der Waals surface area contributed by atoms with Gasteiger partial charge in [-0.25, -0.2) is 8.42 Å². The van der Waals surface area contributed by atoms with Gasteiger partial charge in [0.2, 0.25) is 16.8 Å². The summed E-state index contributed by atoms with van der Waals surface area (Å²) in [5.74, 6) is 0.541. The Balaban J connectivity index is 1.04. The second-order valence-corrected chi connectivity index (χ2v) is 14.2. The van der Waals surface area contributed by atoms with E-state index >= 15 is 0 Å². The van der Waals surface area contributed by atoms with Crippen molar-refractivity contribution in [3.8, 4) is 11.5 Å². The first kappa shape index (κ1) is 31.2. The van der Waals surface area contributed by atoms with Gasteiger partial charge in [-0.1, -0.05) is 48.0 Å². The number of halogens is 1. The number of hydrogen-bond acceptors (Lipinski definition) is 8. The van der Waals surface area contributed by atoms with Crippen LogP contribution in [0.1, 0.15) is 34.3 Å².